The number of aromatic nitrogens is 2. The zero-order valence-electron chi connectivity index (χ0n) is 14.9. The van der Waals surface area contributed by atoms with Crippen LogP contribution in [0, 0.1) is 6.92 Å². The molecular weight excluding hydrogens is 364 g/mol. The van der Waals surface area contributed by atoms with Gasteiger partial charge in [-0.05, 0) is 19.8 Å². The highest BCUT2D eigenvalue weighted by molar-refractivity contribution is 7.89. The number of nitrogens with zero attached hydrogens (tertiary/aromatic N) is 3. The van der Waals surface area contributed by atoms with Crippen LogP contribution in [0.3, 0.4) is 0 Å². The standard InChI is InChI=1S/C16H27ClN4O3S/c1-13-14(15(17)20(2)19-13)25(22,23)18-12-16(6-4-3-5-7-16)21-8-10-24-11-9-21/h18H,3-12H2,1-2H3. The number of morpholine rings is 1. The Balaban J connectivity index is 1.80. The van der Waals surface area contributed by atoms with Gasteiger partial charge < -0.3 is 4.74 Å². The van der Waals surface area contributed by atoms with Gasteiger partial charge in [0, 0.05) is 32.2 Å². The number of hydrogen-bond acceptors (Lipinski definition) is 5. The quantitative estimate of drug-likeness (QED) is 0.828. The molecule has 1 aliphatic carbocycles. The Hall–Kier alpha value is -0.670. The highest BCUT2D eigenvalue weighted by Gasteiger charge is 2.40. The summed E-state index contributed by atoms with van der Waals surface area (Å²) in [7, 11) is -2.06. The number of nitrogens with one attached hydrogen (secondary N) is 1. The minimum Gasteiger partial charge on any atom is -0.379 e. The van der Waals surface area contributed by atoms with Crippen molar-refractivity contribution >= 4 is 21.6 Å². The molecule has 25 heavy (non-hydrogen) atoms. The largest absolute Gasteiger partial charge is 0.379 e. The van der Waals surface area contributed by atoms with Crippen LogP contribution in [0.2, 0.25) is 5.15 Å². The van der Waals surface area contributed by atoms with E-state index >= 15 is 0 Å². The second-order valence-electron chi connectivity index (χ2n) is 7.04. The topological polar surface area (TPSA) is 76.5 Å². The van der Waals surface area contributed by atoms with Crippen LogP contribution in [0.25, 0.3) is 0 Å². The molecule has 2 fully saturated rings. The predicted octanol–water partition coefficient (Wildman–Crippen LogP) is 1.70. The molecular formula is C16H27ClN4O3S. The van der Waals surface area contributed by atoms with Gasteiger partial charge in [0.1, 0.15) is 10.0 Å². The molecule has 0 unspecified atom stereocenters. The number of halogens is 1. The number of ether oxygens (including phenoxy) is 1. The van der Waals surface area contributed by atoms with Crippen molar-refractivity contribution in [3.8, 4) is 0 Å². The summed E-state index contributed by atoms with van der Waals surface area (Å²) in [5.74, 6) is 0. The van der Waals surface area contributed by atoms with Crippen LogP contribution < -0.4 is 4.72 Å². The Bertz CT molecular complexity index is 707. The van der Waals surface area contributed by atoms with Crippen LogP contribution in [-0.4, -0.2) is 61.5 Å². The van der Waals surface area contributed by atoms with E-state index in [4.69, 9.17) is 16.3 Å². The highest BCUT2D eigenvalue weighted by atomic mass is 35.5. The van der Waals surface area contributed by atoms with E-state index in [0.717, 1.165) is 38.8 Å². The van der Waals surface area contributed by atoms with Crippen LogP contribution in [0.15, 0.2) is 4.90 Å². The van der Waals surface area contributed by atoms with Crippen LogP contribution in [-0.2, 0) is 21.8 Å². The third-order valence-corrected chi connectivity index (χ3v) is 7.52. The van der Waals surface area contributed by atoms with Crippen molar-refractivity contribution in [2.45, 2.75) is 49.5 Å². The van der Waals surface area contributed by atoms with Gasteiger partial charge in [-0.3, -0.25) is 9.58 Å². The molecule has 0 spiro atoms. The molecule has 1 aliphatic heterocycles. The van der Waals surface area contributed by atoms with Gasteiger partial charge in [-0.2, -0.15) is 5.10 Å². The molecule has 9 heteroatoms. The average molecular weight is 391 g/mol. The zero-order valence-corrected chi connectivity index (χ0v) is 16.5. The molecule has 1 saturated heterocycles. The lowest BCUT2D eigenvalue weighted by molar-refractivity contribution is -0.0348. The molecule has 7 nitrogen and oxygen atoms in total. The maximum absolute atomic E-state index is 12.9. The van der Waals surface area contributed by atoms with Crippen molar-refractivity contribution in [1.82, 2.24) is 19.4 Å². The Labute approximate surface area is 154 Å². The molecule has 0 atom stereocenters. The van der Waals surface area contributed by atoms with Crippen molar-refractivity contribution in [3.63, 3.8) is 0 Å². The van der Waals surface area contributed by atoms with Gasteiger partial charge >= 0.3 is 0 Å². The van der Waals surface area contributed by atoms with E-state index in [0.29, 0.717) is 25.5 Å². The van der Waals surface area contributed by atoms with E-state index in [-0.39, 0.29) is 15.6 Å². The van der Waals surface area contributed by atoms with E-state index in [9.17, 15) is 8.42 Å². The Kier molecular flexibility index (Phi) is 5.75. The van der Waals surface area contributed by atoms with E-state index in [1.807, 2.05) is 0 Å². The third-order valence-electron chi connectivity index (χ3n) is 5.43. The van der Waals surface area contributed by atoms with Crippen molar-refractivity contribution < 1.29 is 13.2 Å². The first kappa shape index (κ1) is 19.1. The van der Waals surface area contributed by atoms with Crippen molar-refractivity contribution in [3.05, 3.63) is 10.8 Å². The summed E-state index contributed by atoms with van der Waals surface area (Å²) in [4.78, 5) is 2.50. The van der Waals surface area contributed by atoms with Crippen LogP contribution >= 0.6 is 11.6 Å². The molecule has 3 rings (SSSR count). The third kappa shape index (κ3) is 3.88. The van der Waals surface area contributed by atoms with Gasteiger partial charge in [-0.1, -0.05) is 30.9 Å². The normalized spacial score (nSPS) is 22.2. The van der Waals surface area contributed by atoms with E-state index in [1.54, 1.807) is 14.0 Å². The summed E-state index contributed by atoms with van der Waals surface area (Å²) >= 11 is 6.16. The zero-order chi connectivity index (χ0) is 18.1. The first-order valence-electron chi connectivity index (χ1n) is 8.87. The summed E-state index contributed by atoms with van der Waals surface area (Å²) in [5.41, 5.74) is 0.293. The van der Waals surface area contributed by atoms with Crippen LogP contribution in [0.1, 0.15) is 37.8 Å². The van der Waals surface area contributed by atoms with Crippen molar-refractivity contribution in [1.29, 1.82) is 0 Å². The van der Waals surface area contributed by atoms with Gasteiger partial charge in [0.25, 0.3) is 0 Å². The van der Waals surface area contributed by atoms with E-state index < -0.39 is 10.0 Å². The van der Waals surface area contributed by atoms with Gasteiger partial charge in [0.2, 0.25) is 10.0 Å². The van der Waals surface area contributed by atoms with E-state index in [1.165, 1.54) is 11.1 Å². The lowest BCUT2D eigenvalue weighted by Gasteiger charge is -2.48. The average Bonchev–Trinajstić information content (AvgIpc) is 2.87. The summed E-state index contributed by atoms with van der Waals surface area (Å²) in [6, 6.07) is 0. The molecule has 1 saturated carbocycles. The fourth-order valence-electron chi connectivity index (χ4n) is 4.07. The SMILES string of the molecule is Cc1nn(C)c(Cl)c1S(=O)(=O)NCC1(N2CCOCC2)CCCCC1. The number of hydrogen-bond donors (Lipinski definition) is 1. The summed E-state index contributed by atoms with van der Waals surface area (Å²) < 4.78 is 35.4. The first-order chi connectivity index (χ1) is 11.9. The molecule has 0 bridgehead atoms. The molecule has 1 aromatic rings. The van der Waals surface area contributed by atoms with Crippen molar-refractivity contribution in [2.24, 2.45) is 7.05 Å². The Morgan fingerprint density at radius 2 is 1.88 bits per heavy atom. The fourth-order valence-corrected chi connectivity index (χ4v) is 5.94. The molecule has 2 aliphatic rings. The molecule has 0 radical (unpaired) electrons. The lowest BCUT2D eigenvalue weighted by atomic mass is 9.80. The molecule has 1 aromatic heterocycles. The maximum atomic E-state index is 12.9. The van der Waals surface area contributed by atoms with Crippen LogP contribution in [0.4, 0.5) is 0 Å². The van der Waals surface area contributed by atoms with Gasteiger partial charge in [0.15, 0.2) is 0 Å². The molecule has 0 amide bonds. The van der Waals surface area contributed by atoms with Gasteiger partial charge in [0.05, 0.1) is 18.9 Å². The number of aryl methyl sites for hydroxylation is 2. The monoisotopic (exact) mass is 390 g/mol. The summed E-state index contributed by atoms with van der Waals surface area (Å²) in [6.07, 6.45) is 5.49. The molecule has 1 N–H and O–H groups in total. The molecule has 0 aromatic carbocycles. The van der Waals surface area contributed by atoms with Crippen molar-refractivity contribution in [2.75, 3.05) is 32.8 Å². The molecule has 142 valence electrons. The minimum absolute atomic E-state index is 0.0876. The smallest absolute Gasteiger partial charge is 0.245 e. The number of rotatable bonds is 5. The lowest BCUT2D eigenvalue weighted by Crippen LogP contribution is -2.59. The second kappa shape index (κ2) is 7.52. The summed E-state index contributed by atoms with van der Waals surface area (Å²) in [6.45, 7) is 5.20. The summed E-state index contributed by atoms with van der Waals surface area (Å²) in [5, 5.41) is 4.26. The predicted molar refractivity (Wildman–Crippen MR) is 96.4 cm³/mol. The minimum atomic E-state index is -3.70. The van der Waals surface area contributed by atoms with Gasteiger partial charge in [-0.25, -0.2) is 13.1 Å². The maximum Gasteiger partial charge on any atom is 0.245 e. The first-order valence-corrected chi connectivity index (χ1v) is 10.7. The second-order valence-corrected chi connectivity index (χ2v) is 9.10. The Morgan fingerprint density at radius 1 is 1.24 bits per heavy atom. The number of sulfonamides is 1. The molecule has 2 heterocycles. The Morgan fingerprint density at radius 3 is 2.44 bits per heavy atom. The highest BCUT2D eigenvalue weighted by Crippen LogP contribution is 2.34. The van der Waals surface area contributed by atoms with Gasteiger partial charge in [-0.15, -0.1) is 0 Å². The fraction of sp³-hybridized carbons (Fsp3) is 0.812. The van der Waals surface area contributed by atoms with E-state index in [2.05, 4.69) is 14.7 Å². The van der Waals surface area contributed by atoms with Crippen LogP contribution in [0.5, 0.6) is 0 Å².